The molecule has 0 heterocycles. The molecule has 5 nitrogen and oxygen atoms in total. The van der Waals surface area contributed by atoms with Gasteiger partial charge in [-0.15, -0.1) is 0 Å². The molecule has 0 bridgehead atoms. The minimum absolute atomic E-state index is 0.0168. The zero-order chi connectivity index (χ0) is 9.35. The third kappa shape index (κ3) is 1.66. The number of anilines is 1. The first-order valence-corrected chi connectivity index (χ1v) is 4.44. The maximum Gasteiger partial charge on any atom is 0.296 e. The average molecular weight is 187 g/mol. The van der Waals surface area contributed by atoms with Crippen LogP contribution in [0.3, 0.4) is 0 Å². The van der Waals surface area contributed by atoms with Crippen molar-refractivity contribution in [2.45, 2.75) is 4.90 Å². The first kappa shape index (κ1) is 8.82. The molecule has 1 rings (SSSR count). The van der Waals surface area contributed by atoms with Crippen molar-refractivity contribution in [3.05, 3.63) is 18.2 Å². The number of hydrogen-bond donors (Lipinski definition) is 2. The largest absolute Gasteiger partial charge is 0.398 e. The van der Waals surface area contributed by atoms with E-state index in [1.807, 2.05) is 0 Å². The van der Waals surface area contributed by atoms with Crippen LogP contribution in [0.2, 0.25) is 0 Å². The lowest BCUT2D eigenvalue weighted by Crippen LogP contribution is -2.02. The molecule has 0 amide bonds. The van der Waals surface area contributed by atoms with Gasteiger partial charge in [-0.1, -0.05) is 0 Å². The van der Waals surface area contributed by atoms with Crippen molar-refractivity contribution < 1.29 is 13.0 Å². The second-order valence-electron chi connectivity index (χ2n) is 2.23. The fourth-order valence-electron chi connectivity index (χ4n) is 0.758. The van der Waals surface area contributed by atoms with Crippen LogP contribution in [0.1, 0.15) is 0 Å². The van der Waals surface area contributed by atoms with Gasteiger partial charge in [0.05, 0.1) is 11.4 Å². The summed E-state index contributed by atoms with van der Waals surface area (Å²) in [7, 11) is -4.30. The summed E-state index contributed by atoms with van der Waals surface area (Å²) in [6.45, 7) is 0. The molecule has 0 spiro atoms. The van der Waals surface area contributed by atoms with Crippen LogP contribution in [0, 0.1) is 0 Å². The predicted molar refractivity (Wildman–Crippen MR) is 43.4 cm³/mol. The van der Waals surface area contributed by atoms with Gasteiger partial charge in [-0.3, -0.25) is 4.55 Å². The minimum Gasteiger partial charge on any atom is -0.398 e. The van der Waals surface area contributed by atoms with Gasteiger partial charge in [0.2, 0.25) is 0 Å². The SMILES string of the molecule is [NH]c1ccc(N)c(S(=O)(=O)O)c1. The Labute approximate surface area is 69.7 Å². The van der Waals surface area contributed by atoms with Crippen molar-refractivity contribution in [1.82, 2.24) is 5.73 Å². The zero-order valence-electron chi connectivity index (χ0n) is 5.98. The molecule has 0 aromatic heterocycles. The summed E-state index contributed by atoms with van der Waals surface area (Å²) in [5.74, 6) is 0. The molecule has 0 aliphatic carbocycles. The molecule has 6 heteroatoms. The van der Waals surface area contributed by atoms with Crippen molar-refractivity contribution in [1.29, 1.82) is 0 Å². The highest BCUT2D eigenvalue weighted by atomic mass is 32.2. The molecule has 4 N–H and O–H groups in total. The molecule has 0 atom stereocenters. The highest BCUT2D eigenvalue weighted by Gasteiger charge is 2.13. The number of hydrogen-bond acceptors (Lipinski definition) is 3. The van der Waals surface area contributed by atoms with Gasteiger partial charge >= 0.3 is 0 Å². The predicted octanol–water partition coefficient (Wildman–Crippen LogP) is 0.430. The van der Waals surface area contributed by atoms with Gasteiger partial charge < -0.3 is 11.5 Å². The molecule has 0 fully saturated rings. The Kier molecular flexibility index (Phi) is 1.95. The van der Waals surface area contributed by atoms with Crippen LogP contribution in [0.15, 0.2) is 23.1 Å². The van der Waals surface area contributed by atoms with E-state index in [1.165, 1.54) is 12.1 Å². The number of nitrogen functional groups attached to an aromatic ring is 1. The minimum atomic E-state index is -4.30. The monoisotopic (exact) mass is 187 g/mol. The summed E-state index contributed by atoms with van der Waals surface area (Å²) in [5, 5.41) is 0. The molecule has 0 aliphatic heterocycles. The Bertz CT molecular complexity index is 399. The second kappa shape index (κ2) is 2.65. The normalized spacial score (nSPS) is 11.4. The number of nitrogens with two attached hydrogens (primary N) is 1. The van der Waals surface area contributed by atoms with Crippen LogP contribution >= 0.6 is 0 Å². The van der Waals surface area contributed by atoms with Gasteiger partial charge in [0.15, 0.2) is 0 Å². The molecular formula is C6H7N2O3S. The summed E-state index contributed by atoms with van der Waals surface area (Å²) in [6, 6.07) is 3.58. The molecule has 65 valence electrons. The van der Waals surface area contributed by atoms with Crippen LogP contribution < -0.4 is 11.5 Å². The van der Waals surface area contributed by atoms with Gasteiger partial charge in [0.1, 0.15) is 4.90 Å². The third-order valence-electron chi connectivity index (χ3n) is 1.29. The van der Waals surface area contributed by atoms with Gasteiger partial charge in [0.25, 0.3) is 10.1 Å². The summed E-state index contributed by atoms with van der Waals surface area (Å²) < 4.78 is 29.8. The third-order valence-corrected chi connectivity index (χ3v) is 2.20. The van der Waals surface area contributed by atoms with E-state index < -0.39 is 15.0 Å². The summed E-state index contributed by atoms with van der Waals surface area (Å²) in [5.41, 5.74) is 12.3. The number of benzene rings is 1. The summed E-state index contributed by atoms with van der Waals surface area (Å²) >= 11 is 0. The quantitative estimate of drug-likeness (QED) is 0.491. The first-order chi connectivity index (χ1) is 5.41. The molecule has 1 radical (unpaired) electrons. The lowest BCUT2D eigenvalue weighted by molar-refractivity contribution is 0.483. The van der Waals surface area contributed by atoms with Crippen LogP contribution in [-0.4, -0.2) is 13.0 Å². The molecule has 12 heavy (non-hydrogen) atoms. The molecular weight excluding hydrogens is 180 g/mol. The lowest BCUT2D eigenvalue weighted by Gasteiger charge is -2.01. The molecule has 1 aromatic rings. The van der Waals surface area contributed by atoms with Crippen molar-refractivity contribution in [2.75, 3.05) is 5.73 Å². The van der Waals surface area contributed by atoms with Crippen molar-refractivity contribution in [3.63, 3.8) is 0 Å². The smallest absolute Gasteiger partial charge is 0.296 e. The van der Waals surface area contributed by atoms with Crippen LogP contribution in [0.5, 0.6) is 0 Å². The number of rotatable bonds is 1. The van der Waals surface area contributed by atoms with Crippen LogP contribution in [-0.2, 0) is 10.1 Å². The van der Waals surface area contributed by atoms with E-state index in [0.717, 1.165) is 6.07 Å². The Balaban J connectivity index is 3.43. The highest BCUT2D eigenvalue weighted by molar-refractivity contribution is 7.86. The number of nitrogens with one attached hydrogen (secondary N) is 1. The lowest BCUT2D eigenvalue weighted by atomic mass is 10.3. The average Bonchev–Trinajstić information content (AvgIpc) is 1.92. The molecule has 0 saturated carbocycles. The van der Waals surface area contributed by atoms with E-state index in [1.54, 1.807) is 0 Å². The van der Waals surface area contributed by atoms with E-state index in [4.69, 9.17) is 16.0 Å². The van der Waals surface area contributed by atoms with Gasteiger partial charge in [0, 0.05) is 0 Å². The maximum atomic E-state index is 10.6. The van der Waals surface area contributed by atoms with E-state index in [-0.39, 0.29) is 11.4 Å². The summed E-state index contributed by atoms with van der Waals surface area (Å²) in [4.78, 5) is -0.421. The molecule has 0 unspecified atom stereocenters. The molecule has 1 aromatic carbocycles. The fourth-order valence-corrected chi connectivity index (χ4v) is 1.40. The molecule has 0 aliphatic rings. The topological polar surface area (TPSA) is 104 Å². The molecule has 0 saturated heterocycles. The van der Waals surface area contributed by atoms with Crippen LogP contribution in [0.4, 0.5) is 11.4 Å². The van der Waals surface area contributed by atoms with Crippen LogP contribution in [0.25, 0.3) is 0 Å². The Morgan fingerprint density at radius 2 is 2.00 bits per heavy atom. The maximum absolute atomic E-state index is 10.6. The fraction of sp³-hybridized carbons (Fsp3) is 0. The van der Waals surface area contributed by atoms with Crippen molar-refractivity contribution in [2.24, 2.45) is 0 Å². The standard InChI is InChI=1S/C6H7N2O3S/c7-4-1-2-5(8)6(3-4)12(9,10)11/h1-3,7H,8H2,(H,9,10,11). The Hall–Kier alpha value is -1.27. The van der Waals surface area contributed by atoms with Crippen molar-refractivity contribution >= 4 is 21.5 Å². The van der Waals surface area contributed by atoms with E-state index in [2.05, 4.69) is 0 Å². The van der Waals surface area contributed by atoms with E-state index in [9.17, 15) is 8.42 Å². The Morgan fingerprint density at radius 3 is 2.42 bits per heavy atom. The summed E-state index contributed by atoms with van der Waals surface area (Å²) in [6.07, 6.45) is 0. The van der Waals surface area contributed by atoms with E-state index in [0.29, 0.717) is 0 Å². The van der Waals surface area contributed by atoms with E-state index >= 15 is 0 Å². The van der Waals surface area contributed by atoms with Gasteiger partial charge in [-0.25, -0.2) is 0 Å². The highest BCUT2D eigenvalue weighted by Crippen LogP contribution is 2.20. The van der Waals surface area contributed by atoms with Crippen molar-refractivity contribution in [3.8, 4) is 0 Å². The zero-order valence-corrected chi connectivity index (χ0v) is 6.80. The first-order valence-electron chi connectivity index (χ1n) is 3.00. The second-order valence-corrected chi connectivity index (χ2v) is 3.62. The Morgan fingerprint density at radius 1 is 1.42 bits per heavy atom. The van der Waals surface area contributed by atoms with Gasteiger partial charge in [-0.05, 0) is 18.2 Å². The van der Waals surface area contributed by atoms with Gasteiger partial charge in [-0.2, -0.15) is 8.42 Å².